The minimum atomic E-state index is -0.0623. The minimum Gasteiger partial charge on any atom is -0.384 e. The van der Waals surface area contributed by atoms with Gasteiger partial charge in [0.25, 0.3) is 0 Å². The molecule has 1 rings (SSSR count). The number of benzene rings is 1. The number of amides is 1. The summed E-state index contributed by atoms with van der Waals surface area (Å²) in [6, 6.07) is 7.50. The minimum absolute atomic E-state index is 0. The van der Waals surface area contributed by atoms with Gasteiger partial charge in [0.15, 0.2) is 0 Å². The van der Waals surface area contributed by atoms with Gasteiger partial charge in [0.2, 0.25) is 5.91 Å². The lowest BCUT2D eigenvalue weighted by Gasteiger charge is -2.06. The van der Waals surface area contributed by atoms with E-state index in [2.05, 4.69) is 10.6 Å². The Morgan fingerprint density at radius 1 is 1.19 bits per heavy atom. The summed E-state index contributed by atoms with van der Waals surface area (Å²) in [7, 11) is 0. The molecule has 0 aromatic heterocycles. The zero-order valence-corrected chi connectivity index (χ0v) is 10.7. The van der Waals surface area contributed by atoms with Crippen LogP contribution in [0.4, 0.5) is 11.4 Å². The number of hydrogen-bond acceptors (Lipinski definition) is 3. The molecule has 0 saturated carbocycles. The van der Waals surface area contributed by atoms with Gasteiger partial charge >= 0.3 is 0 Å². The lowest BCUT2D eigenvalue weighted by Crippen LogP contribution is -2.13. The van der Waals surface area contributed by atoms with Crippen molar-refractivity contribution in [2.75, 3.05) is 23.7 Å². The van der Waals surface area contributed by atoms with Crippen molar-refractivity contribution >= 4 is 42.1 Å². The first-order valence-electron chi connectivity index (χ1n) is 4.54. The van der Waals surface area contributed by atoms with Crippen LogP contribution in [0.2, 0.25) is 0 Å². The molecule has 0 aliphatic heterocycles. The normalized spacial score (nSPS) is 8.38. The fraction of sp³-hybridized carbons (Fsp3) is 0.300. The maximum Gasteiger partial charge on any atom is 0.221 e. The van der Waals surface area contributed by atoms with Gasteiger partial charge in [-0.2, -0.15) is 0 Å². The molecule has 92 valence electrons. The molecule has 4 nitrogen and oxygen atoms in total. The Kier molecular flexibility index (Phi) is 10.1. The maximum atomic E-state index is 10.7. The number of nitrogens with two attached hydrogens (primary N) is 1. The van der Waals surface area contributed by atoms with Gasteiger partial charge in [-0.05, 0) is 24.3 Å². The van der Waals surface area contributed by atoms with Gasteiger partial charge in [0, 0.05) is 31.4 Å². The van der Waals surface area contributed by atoms with Crippen molar-refractivity contribution in [3.63, 3.8) is 0 Å². The molecule has 0 aliphatic rings. The van der Waals surface area contributed by atoms with Crippen molar-refractivity contribution in [2.45, 2.75) is 6.92 Å². The Labute approximate surface area is 108 Å². The molecule has 0 radical (unpaired) electrons. The van der Waals surface area contributed by atoms with Gasteiger partial charge in [-0.25, -0.2) is 0 Å². The molecule has 1 amide bonds. The zero-order valence-electron chi connectivity index (χ0n) is 9.03. The molecule has 0 fully saturated rings. The van der Waals surface area contributed by atoms with Crippen LogP contribution in [0.3, 0.4) is 0 Å². The van der Waals surface area contributed by atoms with E-state index in [1.807, 2.05) is 24.3 Å². The smallest absolute Gasteiger partial charge is 0.221 e. The summed E-state index contributed by atoms with van der Waals surface area (Å²) in [4.78, 5) is 10.7. The van der Waals surface area contributed by atoms with E-state index >= 15 is 0 Å². The third kappa shape index (κ3) is 6.50. The topological polar surface area (TPSA) is 67.2 Å². The number of hydrogen-bond donors (Lipinski definition) is 3. The molecule has 1 aromatic carbocycles. The van der Waals surface area contributed by atoms with Crippen LogP contribution < -0.4 is 16.4 Å². The van der Waals surface area contributed by atoms with Gasteiger partial charge < -0.3 is 16.4 Å². The van der Waals surface area contributed by atoms with Crippen molar-refractivity contribution in [1.29, 1.82) is 0 Å². The first kappa shape index (κ1) is 17.4. The van der Waals surface area contributed by atoms with Crippen molar-refractivity contribution in [3.05, 3.63) is 24.3 Å². The Balaban J connectivity index is 0. The molecular formula is C10H17Cl2N3O. The summed E-state index contributed by atoms with van der Waals surface area (Å²) in [6.45, 7) is 2.84. The summed E-state index contributed by atoms with van der Waals surface area (Å²) in [5.41, 5.74) is 7.16. The first-order valence-corrected chi connectivity index (χ1v) is 4.54. The van der Waals surface area contributed by atoms with Crippen LogP contribution in [0.25, 0.3) is 0 Å². The van der Waals surface area contributed by atoms with Crippen LogP contribution in [0, 0.1) is 0 Å². The van der Waals surface area contributed by atoms with Crippen LogP contribution in [-0.2, 0) is 4.79 Å². The highest BCUT2D eigenvalue weighted by Gasteiger charge is 1.95. The molecule has 0 atom stereocenters. The molecule has 4 N–H and O–H groups in total. The fourth-order valence-corrected chi connectivity index (χ4v) is 1.09. The molecule has 0 heterocycles. The quantitative estimate of drug-likeness (QED) is 0.779. The summed E-state index contributed by atoms with van der Waals surface area (Å²) < 4.78 is 0. The molecule has 6 heteroatoms. The second-order valence-corrected chi connectivity index (χ2v) is 2.97. The third-order valence-electron chi connectivity index (χ3n) is 1.68. The molecule has 0 spiro atoms. The van der Waals surface area contributed by atoms with Crippen molar-refractivity contribution in [2.24, 2.45) is 5.73 Å². The molecule has 0 saturated heterocycles. The monoisotopic (exact) mass is 265 g/mol. The molecular weight excluding hydrogens is 249 g/mol. The van der Waals surface area contributed by atoms with Gasteiger partial charge in [0.1, 0.15) is 0 Å². The van der Waals surface area contributed by atoms with Crippen molar-refractivity contribution in [3.8, 4) is 0 Å². The average Bonchev–Trinajstić information content (AvgIpc) is 2.16. The van der Waals surface area contributed by atoms with E-state index in [0.29, 0.717) is 6.54 Å². The predicted octanol–water partition coefficient (Wildman–Crippen LogP) is 1.86. The summed E-state index contributed by atoms with van der Waals surface area (Å²) in [6.07, 6.45) is 0. The van der Waals surface area contributed by atoms with E-state index in [1.54, 1.807) is 0 Å². The fourth-order valence-electron chi connectivity index (χ4n) is 1.09. The number of nitrogens with one attached hydrogen (secondary N) is 2. The van der Waals surface area contributed by atoms with Crippen molar-refractivity contribution < 1.29 is 4.79 Å². The maximum absolute atomic E-state index is 10.7. The lowest BCUT2D eigenvalue weighted by atomic mass is 10.3. The number of carbonyl (C=O) groups excluding carboxylic acids is 1. The number of halogens is 2. The van der Waals surface area contributed by atoms with Crippen LogP contribution in [0.15, 0.2) is 24.3 Å². The summed E-state index contributed by atoms with van der Waals surface area (Å²) in [5.74, 6) is -0.0623. The highest BCUT2D eigenvalue weighted by atomic mass is 35.5. The van der Waals surface area contributed by atoms with E-state index < -0.39 is 0 Å². The van der Waals surface area contributed by atoms with Crippen LogP contribution in [0.5, 0.6) is 0 Å². The van der Waals surface area contributed by atoms with E-state index in [0.717, 1.165) is 17.9 Å². The van der Waals surface area contributed by atoms with Gasteiger partial charge in [-0.1, -0.05) is 0 Å². The lowest BCUT2D eigenvalue weighted by molar-refractivity contribution is -0.114. The molecule has 0 aliphatic carbocycles. The number of carbonyl (C=O) groups is 1. The predicted molar refractivity (Wildman–Crippen MR) is 72.8 cm³/mol. The van der Waals surface area contributed by atoms with Crippen LogP contribution in [0.1, 0.15) is 6.92 Å². The Morgan fingerprint density at radius 2 is 1.69 bits per heavy atom. The second kappa shape index (κ2) is 9.27. The van der Waals surface area contributed by atoms with Crippen LogP contribution >= 0.6 is 24.8 Å². The largest absolute Gasteiger partial charge is 0.384 e. The molecule has 16 heavy (non-hydrogen) atoms. The summed E-state index contributed by atoms with van der Waals surface area (Å²) >= 11 is 0. The Bertz CT molecular complexity index is 303. The Hall–Kier alpha value is -0.970. The highest BCUT2D eigenvalue weighted by Crippen LogP contribution is 2.12. The van der Waals surface area contributed by atoms with E-state index in [1.165, 1.54) is 6.92 Å². The first-order chi connectivity index (χ1) is 6.72. The van der Waals surface area contributed by atoms with Gasteiger partial charge in [-0.3, -0.25) is 4.79 Å². The molecule has 0 unspecified atom stereocenters. The van der Waals surface area contributed by atoms with E-state index in [4.69, 9.17) is 5.73 Å². The average molecular weight is 266 g/mol. The number of rotatable bonds is 4. The van der Waals surface area contributed by atoms with Gasteiger partial charge in [-0.15, -0.1) is 24.8 Å². The SMILES string of the molecule is CC(=O)Nc1ccc(NCCN)cc1.Cl.Cl. The zero-order chi connectivity index (χ0) is 10.4. The summed E-state index contributed by atoms with van der Waals surface area (Å²) in [5, 5.41) is 5.83. The number of anilines is 2. The second-order valence-electron chi connectivity index (χ2n) is 2.97. The van der Waals surface area contributed by atoms with Crippen LogP contribution in [-0.4, -0.2) is 19.0 Å². The standard InChI is InChI=1S/C10H15N3O.2ClH/c1-8(14)13-10-4-2-9(3-5-10)12-7-6-11;;/h2-5,12H,6-7,11H2,1H3,(H,13,14);2*1H. The Morgan fingerprint density at radius 3 is 2.12 bits per heavy atom. The third-order valence-corrected chi connectivity index (χ3v) is 1.68. The van der Waals surface area contributed by atoms with Crippen molar-refractivity contribution in [1.82, 2.24) is 0 Å². The van der Waals surface area contributed by atoms with E-state index in [-0.39, 0.29) is 30.7 Å². The van der Waals surface area contributed by atoms with Gasteiger partial charge in [0.05, 0.1) is 0 Å². The van der Waals surface area contributed by atoms with E-state index in [9.17, 15) is 4.79 Å². The highest BCUT2D eigenvalue weighted by molar-refractivity contribution is 5.88. The molecule has 1 aromatic rings. The molecule has 0 bridgehead atoms.